The van der Waals surface area contributed by atoms with Gasteiger partial charge >= 0.3 is 0 Å². The van der Waals surface area contributed by atoms with E-state index in [1.807, 2.05) is 0 Å². The van der Waals surface area contributed by atoms with Crippen LogP contribution in [0.2, 0.25) is 5.02 Å². The maximum atomic E-state index is 14.2. The molecule has 0 bridgehead atoms. The average molecular weight is 394 g/mol. The molecule has 0 aliphatic rings. The van der Waals surface area contributed by atoms with E-state index in [-0.39, 0.29) is 0 Å². The van der Waals surface area contributed by atoms with Crippen LogP contribution in [0.25, 0.3) is 0 Å². The molecule has 2 aromatic carbocycles. The normalized spacial score (nSPS) is 12.1. The summed E-state index contributed by atoms with van der Waals surface area (Å²) in [4.78, 5) is 0. The van der Waals surface area contributed by atoms with Crippen molar-refractivity contribution in [3.8, 4) is 11.5 Å². The number of methoxy groups -OCH3 is 2. The van der Waals surface area contributed by atoms with Crippen molar-refractivity contribution in [2.75, 3.05) is 14.2 Å². The van der Waals surface area contributed by atoms with E-state index in [9.17, 15) is 4.39 Å². The third-order valence-electron chi connectivity index (χ3n) is 3.01. The molecule has 2 aromatic rings. The predicted molar refractivity (Wildman–Crippen MR) is 86.4 cm³/mol. The third-order valence-corrected chi connectivity index (χ3v) is 4.73. The minimum Gasteiger partial charge on any atom is -0.493 e. The van der Waals surface area contributed by atoms with Crippen molar-refractivity contribution in [3.05, 3.63) is 56.8 Å². The fourth-order valence-electron chi connectivity index (χ4n) is 1.91. The Balaban J connectivity index is 2.47. The first-order valence-electron chi connectivity index (χ1n) is 5.98. The highest BCUT2D eigenvalue weighted by Gasteiger charge is 2.19. The van der Waals surface area contributed by atoms with Crippen molar-refractivity contribution in [1.29, 1.82) is 0 Å². The molecule has 0 heterocycles. The summed E-state index contributed by atoms with van der Waals surface area (Å²) in [6.45, 7) is 0. The Hall–Kier alpha value is -0.970. The standard InChI is InChI=1S/C15H12BrCl2FO2/c1-20-13-6-9(12(19)7-14(13)21-2)15(18)8-3-4-10(16)11(17)5-8/h3-7,15H,1-2H3. The van der Waals surface area contributed by atoms with Gasteiger partial charge in [-0.1, -0.05) is 17.7 Å². The Morgan fingerprint density at radius 3 is 2.29 bits per heavy atom. The van der Waals surface area contributed by atoms with Gasteiger partial charge in [-0.05, 0) is 39.7 Å². The number of hydrogen-bond acceptors (Lipinski definition) is 2. The van der Waals surface area contributed by atoms with Gasteiger partial charge in [0.15, 0.2) is 11.5 Å². The molecular formula is C15H12BrCl2FO2. The molecule has 2 nitrogen and oxygen atoms in total. The molecule has 0 aromatic heterocycles. The van der Waals surface area contributed by atoms with Gasteiger partial charge in [0.1, 0.15) is 5.82 Å². The number of ether oxygens (including phenoxy) is 2. The van der Waals surface area contributed by atoms with E-state index in [2.05, 4.69) is 15.9 Å². The lowest BCUT2D eigenvalue weighted by atomic mass is 10.0. The van der Waals surface area contributed by atoms with Crippen molar-refractivity contribution in [2.24, 2.45) is 0 Å². The molecule has 2 rings (SSSR count). The lowest BCUT2D eigenvalue weighted by Crippen LogP contribution is -2.00. The van der Waals surface area contributed by atoms with Crippen molar-refractivity contribution in [2.45, 2.75) is 5.38 Å². The highest BCUT2D eigenvalue weighted by atomic mass is 79.9. The highest BCUT2D eigenvalue weighted by molar-refractivity contribution is 9.10. The van der Waals surface area contributed by atoms with Crippen LogP contribution in [-0.4, -0.2) is 14.2 Å². The molecule has 112 valence electrons. The molecule has 0 saturated carbocycles. The van der Waals surface area contributed by atoms with Crippen molar-refractivity contribution >= 4 is 39.1 Å². The zero-order chi connectivity index (χ0) is 15.6. The summed E-state index contributed by atoms with van der Waals surface area (Å²) in [6.07, 6.45) is 0. The summed E-state index contributed by atoms with van der Waals surface area (Å²) in [5, 5.41) is -0.172. The second-order valence-electron chi connectivity index (χ2n) is 4.26. The summed E-state index contributed by atoms with van der Waals surface area (Å²) in [7, 11) is 2.93. The molecule has 0 saturated heterocycles. The van der Waals surface area contributed by atoms with Crippen LogP contribution < -0.4 is 9.47 Å². The van der Waals surface area contributed by atoms with Gasteiger partial charge in [-0.15, -0.1) is 11.6 Å². The third kappa shape index (κ3) is 3.44. The number of rotatable bonds is 4. The summed E-state index contributed by atoms with van der Waals surface area (Å²) in [5.74, 6) is 0.269. The minimum atomic E-state index is -0.685. The van der Waals surface area contributed by atoms with Crippen LogP contribution in [0.4, 0.5) is 4.39 Å². The first-order valence-corrected chi connectivity index (χ1v) is 7.59. The molecule has 0 amide bonds. The van der Waals surface area contributed by atoms with Gasteiger partial charge in [0.05, 0.1) is 24.6 Å². The molecule has 0 radical (unpaired) electrons. The summed E-state index contributed by atoms with van der Waals surface area (Å²) >= 11 is 15.7. The van der Waals surface area contributed by atoms with Crippen LogP contribution >= 0.6 is 39.1 Å². The van der Waals surface area contributed by atoms with Crippen LogP contribution in [0, 0.1) is 5.82 Å². The van der Waals surface area contributed by atoms with Crippen LogP contribution in [0.15, 0.2) is 34.8 Å². The Morgan fingerprint density at radius 1 is 1.10 bits per heavy atom. The Morgan fingerprint density at radius 2 is 1.71 bits per heavy atom. The van der Waals surface area contributed by atoms with E-state index < -0.39 is 11.2 Å². The van der Waals surface area contributed by atoms with Crippen LogP contribution in [0.3, 0.4) is 0 Å². The van der Waals surface area contributed by atoms with Crippen LogP contribution in [0.5, 0.6) is 11.5 Å². The molecule has 0 aliphatic heterocycles. The number of alkyl halides is 1. The van der Waals surface area contributed by atoms with Crippen molar-refractivity contribution in [3.63, 3.8) is 0 Å². The van der Waals surface area contributed by atoms with Gasteiger partial charge in [0.25, 0.3) is 0 Å². The monoisotopic (exact) mass is 392 g/mol. The van der Waals surface area contributed by atoms with Gasteiger partial charge in [-0.2, -0.15) is 0 Å². The number of halogens is 4. The molecule has 0 fully saturated rings. The van der Waals surface area contributed by atoms with Gasteiger partial charge in [0.2, 0.25) is 0 Å². The molecule has 21 heavy (non-hydrogen) atoms. The SMILES string of the molecule is COc1cc(F)c(C(Cl)c2ccc(Br)c(Cl)c2)cc1OC. The van der Waals surface area contributed by atoms with Crippen molar-refractivity contribution < 1.29 is 13.9 Å². The summed E-state index contributed by atoms with van der Waals surface area (Å²) in [5.41, 5.74) is 0.990. The zero-order valence-corrected chi connectivity index (χ0v) is 14.4. The fraction of sp³-hybridized carbons (Fsp3) is 0.200. The van der Waals surface area contributed by atoms with Gasteiger partial charge in [0, 0.05) is 16.1 Å². The van der Waals surface area contributed by atoms with E-state index in [0.29, 0.717) is 27.6 Å². The Bertz CT molecular complexity index is 664. The first kappa shape index (κ1) is 16.4. The second-order valence-corrected chi connectivity index (χ2v) is 5.96. The minimum absolute atomic E-state index is 0.299. The summed E-state index contributed by atoms with van der Waals surface area (Å²) < 4.78 is 25.2. The van der Waals surface area contributed by atoms with Gasteiger partial charge in [-0.25, -0.2) is 4.39 Å². The predicted octanol–water partition coefficient (Wildman–Crippen LogP) is 5.59. The largest absolute Gasteiger partial charge is 0.493 e. The quantitative estimate of drug-likeness (QED) is 0.630. The Labute approximate surface area is 140 Å². The maximum Gasteiger partial charge on any atom is 0.163 e. The van der Waals surface area contributed by atoms with E-state index in [1.54, 1.807) is 18.2 Å². The second kappa shape index (κ2) is 6.86. The van der Waals surface area contributed by atoms with Gasteiger partial charge < -0.3 is 9.47 Å². The molecule has 0 N–H and O–H groups in total. The lowest BCUT2D eigenvalue weighted by molar-refractivity contribution is 0.351. The first-order chi connectivity index (χ1) is 9.97. The van der Waals surface area contributed by atoms with E-state index in [4.69, 9.17) is 32.7 Å². The van der Waals surface area contributed by atoms with E-state index in [0.717, 1.165) is 4.47 Å². The smallest absolute Gasteiger partial charge is 0.163 e. The van der Waals surface area contributed by atoms with E-state index in [1.165, 1.54) is 26.4 Å². The fourth-order valence-corrected chi connectivity index (χ4v) is 2.65. The molecule has 1 unspecified atom stereocenters. The topological polar surface area (TPSA) is 18.5 Å². The molecule has 1 atom stereocenters. The van der Waals surface area contributed by atoms with E-state index >= 15 is 0 Å². The lowest BCUT2D eigenvalue weighted by Gasteiger charge is -2.15. The van der Waals surface area contributed by atoms with Crippen LogP contribution in [0.1, 0.15) is 16.5 Å². The average Bonchev–Trinajstić information content (AvgIpc) is 2.49. The highest BCUT2D eigenvalue weighted by Crippen LogP contribution is 2.38. The molecule has 6 heteroatoms. The molecule has 0 aliphatic carbocycles. The Kier molecular flexibility index (Phi) is 5.36. The van der Waals surface area contributed by atoms with Gasteiger partial charge in [-0.3, -0.25) is 0 Å². The number of benzene rings is 2. The molecular weight excluding hydrogens is 382 g/mol. The molecule has 0 spiro atoms. The zero-order valence-electron chi connectivity index (χ0n) is 11.3. The number of hydrogen-bond donors (Lipinski definition) is 0. The van der Waals surface area contributed by atoms with Crippen LogP contribution in [-0.2, 0) is 0 Å². The summed E-state index contributed by atoms with van der Waals surface area (Å²) in [6, 6.07) is 8.03. The van der Waals surface area contributed by atoms with Crippen molar-refractivity contribution in [1.82, 2.24) is 0 Å². The maximum absolute atomic E-state index is 14.2.